The first-order chi connectivity index (χ1) is 14.5. The smallest absolute Gasteiger partial charge is 0.252 e. The van der Waals surface area contributed by atoms with Gasteiger partial charge >= 0.3 is 0 Å². The molecule has 0 spiro atoms. The number of nitrogens with one attached hydrogen (secondary N) is 1. The van der Waals surface area contributed by atoms with Crippen molar-refractivity contribution >= 4 is 33.0 Å². The molecule has 1 aliphatic heterocycles. The summed E-state index contributed by atoms with van der Waals surface area (Å²) in [6.07, 6.45) is 5.05. The second-order valence-corrected chi connectivity index (χ2v) is 10.0. The maximum atomic E-state index is 13.2. The van der Waals surface area contributed by atoms with Gasteiger partial charge in [0.2, 0.25) is 17.6 Å². The van der Waals surface area contributed by atoms with Crippen molar-refractivity contribution in [1.29, 1.82) is 0 Å². The van der Waals surface area contributed by atoms with E-state index in [9.17, 15) is 13.2 Å². The van der Waals surface area contributed by atoms with Crippen LogP contribution in [-0.4, -0.2) is 46.8 Å². The molecular formula is C19H21N5O4S2. The Morgan fingerprint density at radius 3 is 3.03 bits per heavy atom. The minimum absolute atomic E-state index is 0.143. The number of aryl methyl sites for hydroxylation is 1. The van der Waals surface area contributed by atoms with Gasteiger partial charge in [0.15, 0.2) is 0 Å². The Hall–Kier alpha value is -2.63. The Balaban J connectivity index is 1.48. The Bertz CT molecular complexity index is 1130. The van der Waals surface area contributed by atoms with Crippen molar-refractivity contribution in [2.75, 3.05) is 18.4 Å². The summed E-state index contributed by atoms with van der Waals surface area (Å²) in [7, 11) is -3.71. The lowest BCUT2D eigenvalue weighted by Gasteiger charge is -2.30. The zero-order valence-corrected chi connectivity index (χ0v) is 17.9. The first-order valence-corrected chi connectivity index (χ1v) is 11.9. The number of pyridine rings is 1. The third-order valence-electron chi connectivity index (χ3n) is 4.88. The van der Waals surface area contributed by atoms with Crippen LogP contribution in [-0.2, 0) is 21.2 Å². The van der Waals surface area contributed by atoms with Crippen LogP contribution in [0.15, 0.2) is 44.7 Å². The summed E-state index contributed by atoms with van der Waals surface area (Å²) in [5.41, 5.74) is 1.20. The van der Waals surface area contributed by atoms with E-state index in [0.717, 1.165) is 11.3 Å². The molecule has 1 amide bonds. The highest BCUT2D eigenvalue weighted by atomic mass is 32.2. The number of carbonyl (C=O) groups excluding carboxylic acids is 1. The molecule has 158 valence electrons. The van der Waals surface area contributed by atoms with Crippen molar-refractivity contribution < 1.29 is 17.7 Å². The topological polar surface area (TPSA) is 118 Å². The predicted molar refractivity (Wildman–Crippen MR) is 111 cm³/mol. The number of aromatic nitrogens is 3. The summed E-state index contributed by atoms with van der Waals surface area (Å²) < 4.78 is 33.0. The molecule has 9 nitrogen and oxygen atoms in total. The molecule has 11 heteroatoms. The predicted octanol–water partition coefficient (Wildman–Crippen LogP) is 2.79. The molecule has 1 aliphatic rings. The molecule has 0 radical (unpaired) electrons. The van der Waals surface area contributed by atoms with Crippen LogP contribution in [0.2, 0.25) is 0 Å². The molecule has 1 fully saturated rings. The standard InChI is InChI=1S/C19H21N5O4S2/c1-2-16-22-18(23-28-16)14-9-17(29-12-14)30(26,27)24-8-4-5-13(11-24)19(25)21-15-6-3-7-20-10-15/h3,6-7,9-10,12-13H,2,4-5,8,11H2,1H3,(H,21,25)/t13-/m1/s1. The van der Waals surface area contributed by atoms with E-state index < -0.39 is 15.9 Å². The monoisotopic (exact) mass is 447 g/mol. The van der Waals surface area contributed by atoms with E-state index in [1.807, 2.05) is 6.92 Å². The Morgan fingerprint density at radius 2 is 2.30 bits per heavy atom. The second-order valence-electron chi connectivity index (χ2n) is 6.95. The minimum atomic E-state index is -3.71. The number of nitrogens with zero attached hydrogens (tertiary/aromatic N) is 4. The maximum absolute atomic E-state index is 13.2. The van der Waals surface area contributed by atoms with Crippen molar-refractivity contribution in [2.24, 2.45) is 5.92 Å². The van der Waals surface area contributed by atoms with Gasteiger partial charge in [-0.3, -0.25) is 9.78 Å². The van der Waals surface area contributed by atoms with Crippen LogP contribution in [0.25, 0.3) is 11.4 Å². The van der Waals surface area contributed by atoms with Crippen LogP contribution in [0.3, 0.4) is 0 Å². The van der Waals surface area contributed by atoms with Gasteiger partial charge in [0, 0.05) is 36.7 Å². The number of anilines is 1. The number of piperidine rings is 1. The van der Waals surface area contributed by atoms with E-state index in [-0.39, 0.29) is 16.7 Å². The highest BCUT2D eigenvalue weighted by Gasteiger charge is 2.34. The fourth-order valence-corrected chi connectivity index (χ4v) is 6.10. The van der Waals surface area contributed by atoms with Crippen LogP contribution in [0, 0.1) is 5.92 Å². The summed E-state index contributed by atoms with van der Waals surface area (Å²) in [6, 6.07) is 5.04. The molecule has 0 aromatic carbocycles. The lowest BCUT2D eigenvalue weighted by atomic mass is 9.99. The van der Waals surface area contributed by atoms with E-state index in [1.54, 1.807) is 36.0 Å². The molecule has 0 unspecified atom stereocenters. The zero-order chi connectivity index (χ0) is 21.1. The zero-order valence-electron chi connectivity index (χ0n) is 16.3. The van der Waals surface area contributed by atoms with Crippen LogP contribution in [0.1, 0.15) is 25.7 Å². The molecule has 1 saturated heterocycles. The third-order valence-corrected chi connectivity index (χ3v) is 8.16. The summed E-state index contributed by atoms with van der Waals surface area (Å²) in [5, 5.41) is 8.41. The molecule has 30 heavy (non-hydrogen) atoms. The van der Waals surface area contributed by atoms with E-state index in [1.165, 1.54) is 4.31 Å². The van der Waals surface area contributed by atoms with Crippen LogP contribution >= 0.6 is 11.3 Å². The highest BCUT2D eigenvalue weighted by molar-refractivity contribution is 7.91. The van der Waals surface area contributed by atoms with Gasteiger partial charge < -0.3 is 9.84 Å². The van der Waals surface area contributed by atoms with Gasteiger partial charge in [-0.1, -0.05) is 12.1 Å². The highest BCUT2D eigenvalue weighted by Crippen LogP contribution is 2.31. The molecule has 0 bridgehead atoms. The number of sulfonamides is 1. The number of thiophene rings is 1. The van der Waals surface area contributed by atoms with Gasteiger partial charge in [-0.05, 0) is 31.0 Å². The molecule has 4 rings (SSSR count). The molecular weight excluding hydrogens is 426 g/mol. The number of rotatable bonds is 6. The second kappa shape index (κ2) is 8.62. The minimum Gasteiger partial charge on any atom is -0.339 e. The van der Waals surface area contributed by atoms with E-state index >= 15 is 0 Å². The molecule has 1 atom stereocenters. The van der Waals surface area contributed by atoms with Crippen molar-refractivity contribution in [3.05, 3.63) is 41.9 Å². The lowest BCUT2D eigenvalue weighted by molar-refractivity contribution is -0.120. The Kier molecular flexibility index (Phi) is 5.93. The molecule has 0 aliphatic carbocycles. The summed E-state index contributed by atoms with van der Waals surface area (Å²) in [4.78, 5) is 20.8. The van der Waals surface area contributed by atoms with Gasteiger partial charge in [-0.2, -0.15) is 9.29 Å². The van der Waals surface area contributed by atoms with Gasteiger partial charge in [-0.15, -0.1) is 11.3 Å². The summed E-state index contributed by atoms with van der Waals surface area (Å²) in [6.45, 7) is 2.43. The number of carbonyl (C=O) groups is 1. The number of hydrogen-bond acceptors (Lipinski definition) is 8. The van der Waals surface area contributed by atoms with Crippen LogP contribution in [0.4, 0.5) is 5.69 Å². The van der Waals surface area contributed by atoms with Crippen LogP contribution in [0.5, 0.6) is 0 Å². The van der Waals surface area contributed by atoms with Crippen molar-refractivity contribution in [3.8, 4) is 11.4 Å². The maximum Gasteiger partial charge on any atom is 0.252 e. The van der Waals surface area contributed by atoms with Crippen molar-refractivity contribution in [3.63, 3.8) is 0 Å². The average molecular weight is 448 g/mol. The van der Waals surface area contributed by atoms with Crippen LogP contribution < -0.4 is 5.32 Å². The number of amides is 1. The van der Waals surface area contributed by atoms with Gasteiger partial charge in [0.1, 0.15) is 4.21 Å². The molecule has 3 aromatic rings. The first kappa shape index (κ1) is 20.6. The fourth-order valence-electron chi connectivity index (χ4n) is 3.27. The molecule has 3 aromatic heterocycles. The molecule has 4 heterocycles. The van der Waals surface area contributed by atoms with Gasteiger partial charge in [-0.25, -0.2) is 8.42 Å². The first-order valence-electron chi connectivity index (χ1n) is 9.60. The average Bonchev–Trinajstić information content (AvgIpc) is 3.44. The Labute approximate surface area is 178 Å². The molecule has 1 N–H and O–H groups in total. The summed E-state index contributed by atoms with van der Waals surface area (Å²) >= 11 is 1.11. The largest absolute Gasteiger partial charge is 0.339 e. The van der Waals surface area contributed by atoms with E-state index in [0.29, 0.717) is 48.8 Å². The third kappa shape index (κ3) is 4.27. The Morgan fingerprint density at radius 1 is 1.43 bits per heavy atom. The van der Waals surface area contributed by atoms with E-state index in [4.69, 9.17) is 4.52 Å². The van der Waals surface area contributed by atoms with Gasteiger partial charge in [0.05, 0.1) is 17.8 Å². The summed E-state index contributed by atoms with van der Waals surface area (Å²) in [5.74, 6) is 0.252. The van der Waals surface area contributed by atoms with Crippen molar-refractivity contribution in [2.45, 2.75) is 30.4 Å². The number of hydrogen-bond donors (Lipinski definition) is 1. The fraction of sp³-hybridized carbons (Fsp3) is 0.368. The molecule has 0 saturated carbocycles. The SMILES string of the molecule is CCc1nc(-c2csc(S(=O)(=O)N3CCC[C@@H](C(=O)Nc4cccnc4)C3)c2)no1. The van der Waals surface area contributed by atoms with Gasteiger partial charge in [0.25, 0.3) is 10.0 Å². The lowest BCUT2D eigenvalue weighted by Crippen LogP contribution is -2.43. The van der Waals surface area contributed by atoms with Crippen molar-refractivity contribution in [1.82, 2.24) is 19.4 Å². The quantitative estimate of drug-likeness (QED) is 0.617. The normalized spacial score (nSPS) is 17.7. The van der Waals surface area contributed by atoms with E-state index in [2.05, 4.69) is 20.4 Å².